The van der Waals surface area contributed by atoms with Crippen molar-refractivity contribution in [1.29, 1.82) is 0 Å². The molecule has 1 aromatic heterocycles. The normalized spacial score (nSPS) is 18.0. The zero-order valence-corrected chi connectivity index (χ0v) is 15.6. The van der Waals surface area contributed by atoms with E-state index < -0.39 is 0 Å². The molecule has 0 radical (unpaired) electrons. The summed E-state index contributed by atoms with van der Waals surface area (Å²) in [5, 5.41) is 5.73. The molecule has 2 aromatic rings. The van der Waals surface area contributed by atoms with E-state index in [0.717, 1.165) is 30.6 Å². The number of aromatic nitrogens is 1. The fourth-order valence-electron chi connectivity index (χ4n) is 3.61. The van der Waals surface area contributed by atoms with Crippen molar-refractivity contribution in [3.05, 3.63) is 66.0 Å². The van der Waals surface area contributed by atoms with Gasteiger partial charge >= 0.3 is 0 Å². The van der Waals surface area contributed by atoms with Gasteiger partial charge in [0.05, 0.1) is 24.3 Å². The van der Waals surface area contributed by atoms with Gasteiger partial charge in [-0.05, 0) is 43.5 Å². The van der Waals surface area contributed by atoms with Crippen LogP contribution in [0.25, 0.3) is 0 Å². The Balaban J connectivity index is 1.69. The number of carbonyl (C=O) groups is 2. The molecule has 2 N–H and O–H groups in total. The van der Waals surface area contributed by atoms with Crippen molar-refractivity contribution in [3.8, 4) is 0 Å². The SMILES string of the molecule is CNC(=O)C(Cc1ccccc1)N1CCCC1C(=O)NCc1ccccn1. The molecule has 3 rings (SSSR count). The second kappa shape index (κ2) is 9.28. The number of likely N-dealkylation sites (N-methyl/N-ethyl adjacent to an activating group) is 1. The summed E-state index contributed by atoms with van der Waals surface area (Å²) in [5.74, 6) is -0.0941. The van der Waals surface area contributed by atoms with E-state index in [1.807, 2.05) is 53.4 Å². The minimum Gasteiger partial charge on any atom is -0.358 e. The lowest BCUT2D eigenvalue weighted by atomic mass is 10.0. The molecule has 1 aliphatic rings. The summed E-state index contributed by atoms with van der Waals surface area (Å²) >= 11 is 0. The monoisotopic (exact) mass is 366 g/mol. The quantitative estimate of drug-likeness (QED) is 0.779. The molecule has 1 saturated heterocycles. The van der Waals surface area contributed by atoms with Crippen LogP contribution in [-0.4, -0.2) is 47.4 Å². The standard InChI is InChI=1S/C21H26N4O2/c1-22-20(26)19(14-16-8-3-2-4-9-16)25-13-7-11-18(25)21(27)24-15-17-10-5-6-12-23-17/h2-6,8-10,12,18-19H,7,11,13-15H2,1H3,(H,22,26)(H,24,27). The predicted octanol–water partition coefficient (Wildman–Crippen LogP) is 1.52. The highest BCUT2D eigenvalue weighted by atomic mass is 16.2. The molecule has 142 valence electrons. The molecule has 0 saturated carbocycles. The van der Waals surface area contributed by atoms with Crippen LogP contribution in [0.4, 0.5) is 0 Å². The van der Waals surface area contributed by atoms with Crippen LogP contribution < -0.4 is 10.6 Å². The van der Waals surface area contributed by atoms with Gasteiger partial charge in [0.1, 0.15) is 0 Å². The molecule has 6 heteroatoms. The van der Waals surface area contributed by atoms with Crippen LogP contribution in [-0.2, 0) is 22.6 Å². The Morgan fingerprint density at radius 1 is 1.19 bits per heavy atom. The third-order valence-electron chi connectivity index (χ3n) is 4.99. The molecule has 0 bridgehead atoms. The maximum absolute atomic E-state index is 12.8. The molecule has 2 amide bonds. The number of benzene rings is 1. The van der Waals surface area contributed by atoms with Gasteiger partial charge in [-0.25, -0.2) is 0 Å². The lowest BCUT2D eigenvalue weighted by molar-refractivity contribution is -0.131. The van der Waals surface area contributed by atoms with Gasteiger partial charge in [-0.3, -0.25) is 19.5 Å². The van der Waals surface area contributed by atoms with Crippen molar-refractivity contribution in [2.75, 3.05) is 13.6 Å². The van der Waals surface area contributed by atoms with E-state index in [0.29, 0.717) is 13.0 Å². The second-order valence-corrected chi connectivity index (χ2v) is 6.75. The van der Waals surface area contributed by atoms with Gasteiger partial charge in [-0.15, -0.1) is 0 Å². The predicted molar refractivity (Wildman–Crippen MR) is 104 cm³/mol. The van der Waals surface area contributed by atoms with Crippen LogP contribution in [0.1, 0.15) is 24.1 Å². The van der Waals surface area contributed by atoms with Crippen LogP contribution in [0.2, 0.25) is 0 Å². The number of carbonyl (C=O) groups excluding carboxylic acids is 2. The average Bonchev–Trinajstić information content (AvgIpc) is 3.21. The zero-order valence-electron chi connectivity index (χ0n) is 15.6. The summed E-state index contributed by atoms with van der Waals surface area (Å²) in [7, 11) is 1.65. The average molecular weight is 366 g/mol. The highest BCUT2D eigenvalue weighted by Gasteiger charge is 2.38. The van der Waals surface area contributed by atoms with Crippen molar-refractivity contribution in [3.63, 3.8) is 0 Å². The van der Waals surface area contributed by atoms with Crippen molar-refractivity contribution in [2.45, 2.75) is 37.9 Å². The molecular weight excluding hydrogens is 340 g/mol. The minimum absolute atomic E-state index is 0.0416. The first-order valence-electron chi connectivity index (χ1n) is 9.38. The third-order valence-corrected chi connectivity index (χ3v) is 4.99. The van der Waals surface area contributed by atoms with Gasteiger partial charge in [-0.1, -0.05) is 36.4 Å². The third kappa shape index (κ3) is 4.92. The summed E-state index contributed by atoms with van der Waals surface area (Å²) in [6.45, 7) is 1.14. The summed E-state index contributed by atoms with van der Waals surface area (Å²) in [4.78, 5) is 31.6. The van der Waals surface area contributed by atoms with Gasteiger partial charge in [0.25, 0.3) is 0 Å². The van der Waals surface area contributed by atoms with E-state index in [4.69, 9.17) is 0 Å². The van der Waals surface area contributed by atoms with E-state index in [1.54, 1.807) is 13.2 Å². The number of hydrogen-bond acceptors (Lipinski definition) is 4. The van der Waals surface area contributed by atoms with Crippen molar-refractivity contribution in [2.24, 2.45) is 0 Å². The summed E-state index contributed by atoms with van der Waals surface area (Å²) in [5.41, 5.74) is 1.91. The van der Waals surface area contributed by atoms with Crippen LogP contribution in [0, 0.1) is 0 Å². The Morgan fingerprint density at radius 3 is 2.67 bits per heavy atom. The largest absolute Gasteiger partial charge is 0.358 e. The highest BCUT2D eigenvalue weighted by molar-refractivity contribution is 5.85. The minimum atomic E-state index is -0.356. The van der Waals surface area contributed by atoms with Gasteiger partial charge in [0.15, 0.2) is 0 Å². The summed E-state index contributed by atoms with van der Waals surface area (Å²) < 4.78 is 0. The van der Waals surface area contributed by atoms with Gasteiger partial charge < -0.3 is 10.6 Å². The van der Waals surface area contributed by atoms with Gasteiger partial charge in [-0.2, -0.15) is 0 Å². The maximum atomic E-state index is 12.8. The first kappa shape index (κ1) is 19.0. The number of hydrogen-bond donors (Lipinski definition) is 2. The topological polar surface area (TPSA) is 74.3 Å². The Hall–Kier alpha value is -2.73. The molecule has 0 aliphatic carbocycles. The van der Waals surface area contributed by atoms with Crippen LogP contribution in [0.3, 0.4) is 0 Å². The van der Waals surface area contributed by atoms with Crippen LogP contribution in [0.5, 0.6) is 0 Å². The highest BCUT2D eigenvalue weighted by Crippen LogP contribution is 2.23. The molecule has 1 aromatic carbocycles. The number of amides is 2. The fourth-order valence-corrected chi connectivity index (χ4v) is 3.61. The molecule has 2 unspecified atom stereocenters. The molecule has 6 nitrogen and oxygen atoms in total. The van der Waals surface area contributed by atoms with E-state index in [9.17, 15) is 9.59 Å². The second-order valence-electron chi connectivity index (χ2n) is 6.75. The van der Waals surface area contributed by atoms with Gasteiger partial charge in [0.2, 0.25) is 11.8 Å². The first-order chi connectivity index (χ1) is 13.2. The smallest absolute Gasteiger partial charge is 0.237 e. The van der Waals surface area contributed by atoms with Crippen molar-refractivity contribution in [1.82, 2.24) is 20.5 Å². The lowest BCUT2D eigenvalue weighted by Gasteiger charge is -2.31. The molecule has 2 heterocycles. The first-order valence-corrected chi connectivity index (χ1v) is 9.38. The fraction of sp³-hybridized carbons (Fsp3) is 0.381. The zero-order chi connectivity index (χ0) is 19.1. The van der Waals surface area contributed by atoms with E-state index in [-0.39, 0.29) is 23.9 Å². The molecule has 1 fully saturated rings. The number of likely N-dealkylation sites (tertiary alicyclic amines) is 1. The van der Waals surface area contributed by atoms with Crippen molar-refractivity contribution < 1.29 is 9.59 Å². The van der Waals surface area contributed by atoms with E-state index in [1.165, 1.54) is 0 Å². The number of nitrogens with one attached hydrogen (secondary N) is 2. The van der Waals surface area contributed by atoms with Crippen LogP contribution in [0.15, 0.2) is 54.7 Å². The van der Waals surface area contributed by atoms with E-state index >= 15 is 0 Å². The molecule has 27 heavy (non-hydrogen) atoms. The molecular formula is C21H26N4O2. The number of rotatable bonds is 7. The van der Waals surface area contributed by atoms with Crippen molar-refractivity contribution >= 4 is 11.8 Å². The summed E-state index contributed by atoms with van der Waals surface area (Å²) in [6.07, 6.45) is 3.97. The Labute approximate surface area is 160 Å². The Bertz CT molecular complexity index is 751. The molecule has 1 aliphatic heterocycles. The lowest BCUT2D eigenvalue weighted by Crippen LogP contribution is -2.53. The number of pyridine rings is 1. The summed E-state index contributed by atoms with van der Waals surface area (Å²) in [6, 6.07) is 14.9. The van der Waals surface area contributed by atoms with Crippen LogP contribution >= 0.6 is 0 Å². The molecule has 0 spiro atoms. The maximum Gasteiger partial charge on any atom is 0.237 e. The van der Waals surface area contributed by atoms with E-state index in [2.05, 4.69) is 15.6 Å². The van der Waals surface area contributed by atoms with Gasteiger partial charge in [0, 0.05) is 13.2 Å². The Kier molecular flexibility index (Phi) is 6.54. The molecule has 2 atom stereocenters. The number of nitrogens with zero attached hydrogens (tertiary/aromatic N) is 2. The Morgan fingerprint density at radius 2 is 1.96 bits per heavy atom.